The van der Waals surface area contributed by atoms with Crippen LogP contribution in [0.4, 0.5) is 14.6 Å². The second-order valence-corrected chi connectivity index (χ2v) is 2.57. The molecule has 0 saturated carbocycles. The maximum atomic E-state index is 12.5. The summed E-state index contributed by atoms with van der Waals surface area (Å²) in [5.74, 6) is -0.0214. The van der Waals surface area contributed by atoms with Gasteiger partial charge in [0.15, 0.2) is 0 Å². The summed E-state index contributed by atoms with van der Waals surface area (Å²) in [6, 6.07) is 1.20. The Hall–Kier alpha value is -1.43. The number of aromatic nitrogens is 1. The molecule has 0 spiro atoms. The first-order valence-electron chi connectivity index (χ1n) is 3.82. The van der Waals surface area contributed by atoms with E-state index in [0.717, 1.165) is 0 Å². The quantitative estimate of drug-likeness (QED) is 0.773. The van der Waals surface area contributed by atoms with Crippen molar-refractivity contribution >= 4 is 5.82 Å². The van der Waals surface area contributed by atoms with Crippen molar-refractivity contribution in [2.75, 3.05) is 12.8 Å². The monoisotopic (exact) mass is 204 g/mol. The molecule has 0 radical (unpaired) electrons. The van der Waals surface area contributed by atoms with Crippen LogP contribution in [0.25, 0.3) is 0 Å². The van der Waals surface area contributed by atoms with Gasteiger partial charge >= 0.3 is 0 Å². The van der Waals surface area contributed by atoms with Crippen LogP contribution in [-0.4, -0.2) is 17.2 Å². The van der Waals surface area contributed by atoms with E-state index in [0.29, 0.717) is 0 Å². The van der Waals surface area contributed by atoms with Crippen molar-refractivity contribution in [2.24, 2.45) is 0 Å². The van der Waals surface area contributed by atoms with E-state index in [1.807, 2.05) is 0 Å². The van der Waals surface area contributed by atoms with Crippen LogP contribution in [0, 0.1) is 0 Å². The topological polar surface area (TPSA) is 68.4 Å². The Bertz CT molecular complexity index is 306. The lowest BCUT2D eigenvalue weighted by atomic mass is 10.2. The number of alkyl halides is 2. The number of rotatable bonds is 3. The average molecular weight is 204 g/mol. The lowest BCUT2D eigenvalue weighted by molar-refractivity contribution is 0.141. The highest BCUT2D eigenvalue weighted by atomic mass is 19.3. The zero-order valence-electron chi connectivity index (χ0n) is 7.50. The third kappa shape index (κ3) is 1.90. The van der Waals surface area contributed by atoms with E-state index in [2.05, 4.69) is 4.98 Å². The summed E-state index contributed by atoms with van der Waals surface area (Å²) in [5, 5.41) is 8.80. The fourth-order valence-corrected chi connectivity index (χ4v) is 1.13. The second-order valence-electron chi connectivity index (χ2n) is 2.57. The van der Waals surface area contributed by atoms with Gasteiger partial charge in [-0.05, 0) is 0 Å². The van der Waals surface area contributed by atoms with Crippen molar-refractivity contribution in [1.29, 1.82) is 0 Å². The van der Waals surface area contributed by atoms with Gasteiger partial charge in [-0.15, -0.1) is 0 Å². The van der Waals surface area contributed by atoms with Crippen LogP contribution in [0.5, 0.6) is 5.75 Å². The fourth-order valence-electron chi connectivity index (χ4n) is 1.13. The summed E-state index contributed by atoms with van der Waals surface area (Å²) in [6.45, 7) is -0.596. The number of methoxy groups -OCH3 is 1. The van der Waals surface area contributed by atoms with Crippen LogP contribution >= 0.6 is 0 Å². The highest BCUT2D eigenvalue weighted by Crippen LogP contribution is 2.32. The molecule has 0 aromatic carbocycles. The number of halogens is 2. The fraction of sp³-hybridized carbons (Fsp3) is 0.375. The number of anilines is 1. The summed E-state index contributed by atoms with van der Waals surface area (Å²) in [5.41, 5.74) is 4.76. The summed E-state index contributed by atoms with van der Waals surface area (Å²) >= 11 is 0. The Morgan fingerprint density at radius 3 is 2.71 bits per heavy atom. The van der Waals surface area contributed by atoms with Gasteiger partial charge in [0.05, 0.1) is 25.0 Å². The first-order valence-corrected chi connectivity index (χ1v) is 3.82. The van der Waals surface area contributed by atoms with E-state index in [-0.39, 0.29) is 17.3 Å². The van der Waals surface area contributed by atoms with Crippen molar-refractivity contribution in [3.05, 3.63) is 17.3 Å². The molecule has 0 aliphatic carbocycles. The number of hydrogen-bond acceptors (Lipinski definition) is 4. The molecule has 0 fully saturated rings. The first kappa shape index (κ1) is 10.6. The lowest BCUT2D eigenvalue weighted by Crippen LogP contribution is -2.05. The number of aliphatic hydroxyl groups is 1. The van der Waals surface area contributed by atoms with Crippen LogP contribution in [0.1, 0.15) is 17.7 Å². The van der Waals surface area contributed by atoms with Crippen LogP contribution in [0.3, 0.4) is 0 Å². The highest BCUT2D eigenvalue weighted by molar-refractivity contribution is 5.46. The summed E-state index contributed by atoms with van der Waals surface area (Å²) in [7, 11) is 1.25. The van der Waals surface area contributed by atoms with Gasteiger partial charge in [-0.3, -0.25) is 0 Å². The molecule has 0 saturated heterocycles. The Morgan fingerprint density at radius 2 is 2.29 bits per heavy atom. The zero-order chi connectivity index (χ0) is 10.7. The predicted octanol–water partition coefficient (Wildman–Crippen LogP) is 1.10. The number of pyridine rings is 1. The van der Waals surface area contributed by atoms with Gasteiger partial charge in [0, 0.05) is 6.07 Å². The molecule has 6 heteroatoms. The highest BCUT2D eigenvalue weighted by Gasteiger charge is 2.20. The molecular formula is C8H10F2N2O2. The molecule has 0 atom stereocenters. The number of nitrogen functional groups attached to an aromatic ring is 1. The number of nitrogens with zero attached hydrogens (tertiary/aromatic N) is 1. The molecule has 0 amide bonds. The van der Waals surface area contributed by atoms with Gasteiger partial charge in [-0.1, -0.05) is 0 Å². The number of hydrogen-bond donors (Lipinski definition) is 2. The summed E-state index contributed by atoms with van der Waals surface area (Å²) < 4.78 is 29.8. The van der Waals surface area contributed by atoms with Gasteiger partial charge in [0.1, 0.15) is 11.6 Å². The first-order chi connectivity index (χ1) is 6.60. The van der Waals surface area contributed by atoms with E-state index in [1.165, 1.54) is 13.2 Å². The number of nitrogens with two attached hydrogens (primary N) is 1. The van der Waals surface area contributed by atoms with E-state index in [4.69, 9.17) is 15.6 Å². The normalized spacial score (nSPS) is 10.6. The van der Waals surface area contributed by atoms with E-state index in [9.17, 15) is 8.78 Å². The molecule has 3 N–H and O–H groups in total. The van der Waals surface area contributed by atoms with Crippen LogP contribution in [0.15, 0.2) is 6.07 Å². The average Bonchev–Trinajstić information content (AvgIpc) is 2.15. The maximum Gasteiger partial charge on any atom is 0.269 e. The minimum Gasteiger partial charge on any atom is -0.496 e. The smallest absolute Gasteiger partial charge is 0.269 e. The lowest BCUT2D eigenvalue weighted by Gasteiger charge is -2.11. The Morgan fingerprint density at radius 1 is 1.64 bits per heavy atom. The molecule has 1 heterocycles. The van der Waals surface area contributed by atoms with E-state index < -0.39 is 18.6 Å². The molecule has 0 bridgehead atoms. The third-order valence-electron chi connectivity index (χ3n) is 1.71. The van der Waals surface area contributed by atoms with Crippen molar-refractivity contribution in [3.8, 4) is 5.75 Å². The standard InChI is InChI=1S/C8H10F2N2O2/c1-14-5-2-6(11)12-4(3-13)7(5)8(9)10/h2,8,13H,3H2,1H3,(H2,11,12). The predicted molar refractivity (Wildman–Crippen MR) is 46.1 cm³/mol. The van der Waals surface area contributed by atoms with Crippen molar-refractivity contribution < 1.29 is 18.6 Å². The van der Waals surface area contributed by atoms with Gasteiger partial charge in [-0.2, -0.15) is 0 Å². The molecule has 0 aliphatic rings. The van der Waals surface area contributed by atoms with Crippen molar-refractivity contribution in [3.63, 3.8) is 0 Å². The van der Waals surface area contributed by atoms with Crippen molar-refractivity contribution in [1.82, 2.24) is 4.98 Å². The van der Waals surface area contributed by atoms with Crippen LogP contribution in [-0.2, 0) is 6.61 Å². The van der Waals surface area contributed by atoms with Gasteiger partial charge < -0.3 is 15.6 Å². The maximum absolute atomic E-state index is 12.5. The summed E-state index contributed by atoms with van der Waals surface area (Å²) in [4.78, 5) is 3.59. The second kappa shape index (κ2) is 4.19. The minimum atomic E-state index is -2.75. The SMILES string of the molecule is COc1cc(N)nc(CO)c1C(F)F. The Balaban J connectivity index is 3.33. The number of aliphatic hydroxyl groups excluding tert-OH is 1. The van der Waals surface area contributed by atoms with Gasteiger partial charge in [0.2, 0.25) is 0 Å². The largest absolute Gasteiger partial charge is 0.496 e. The zero-order valence-corrected chi connectivity index (χ0v) is 7.50. The molecule has 4 nitrogen and oxygen atoms in total. The molecule has 0 unspecified atom stereocenters. The molecule has 78 valence electrons. The molecule has 1 rings (SSSR count). The Labute approximate surface area is 79.3 Å². The minimum absolute atomic E-state index is 0.0373. The molecule has 0 aliphatic heterocycles. The van der Waals surface area contributed by atoms with Gasteiger partial charge in [0.25, 0.3) is 6.43 Å². The van der Waals surface area contributed by atoms with Crippen LogP contribution in [0.2, 0.25) is 0 Å². The van der Waals surface area contributed by atoms with E-state index in [1.54, 1.807) is 0 Å². The van der Waals surface area contributed by atoms with Gasteiger partial charge in [-0.25, -0.2) is 13.8 Å². The molecule has 1 aromatic rings. The molecule has 14 heavy (non-hydrogen) atoms. The molecule has 1 aromatic heterocycles. The third-order valence-corrected chi connectivity index (χ3v) is 1.71. The molecular weight excluding hydrogens is 194 g/mol. The summed E-state index contributed by atoms with van der Waals surface area (Å²) in [6.07, 6.45) is -2.75. The van der Waals surface area contributed by atoms with E-state index >= 15 is 0 Å². The van der Waals surface area contributed by atoms with Crippen molar-refractivity contribution in [2.45, 2.75) is 13.0 Å². The van der Waals surface area contributed by atoms with Crippen LogP contribution < -0.4 is 10.5 Å². The Kier molecular flexibility index (Phi) is 3.19. The number of ether oxygens (including phenoxy) is 1.